The molecular weight excluding hydrogens is 336 g/mol. The number of ether oxygens (including phenoxy) is 3. The van der Waals surface area contributed by atoms with E-state index in [1.54, 1.807) is 43.5 Å². The van der Waals surface area contributed by atoms with Crippen molar-refractivity contribution >= 4 is 16.7 Å². The molecule has 0 atom stereocenters. The van der Waals surface area contributed by atoms with Crippen LogP contribution in [0.15, 0.2) is 29.2 Å². The minimum absolute atomic E-state index is 0.0109. The van der Waals surface area contributed by atoms with E-state index in [2.05, 4.69) is 0 Å². The van der Waals surface area contributed by atoms with Crippen LogP contribution in [0, 0.1) is 0 Å². The van der Waals surface area contributed by atoms with Gasteiger partial charge in [-0.15, -0.1) is 0 Å². The summed E-state index contributed by atoms with van der Waals surface area (Å²) in [7, 11) is 4.88. The van der Waals surface area contributed by atoms with Crippen LogP contribution in [0.5, 0.6) is 11.5 Å². The molecule has 2 aromatic rings. The highest BCUT2D eigenvalue weighted by atomic mass is 16.5. The van der Waals surface area contributed by atoms with Gasteiger partial charge in [0.05, 0.1) is 19.6 Å². The number of hydrogen-bond acceptors (Lipinski definition) is 5. The molecule has 0 spiro atoms. The number of hydrogen-bond donors (Lipinski definition) is 0. The predicted molar refractivity (Wildman–Crippen MR) is 97.9 cm³/mol. The Labute approximate surface area is 152 Å². The fourth-order valence-corrected chi connectivity index (χ4v) is 3.35. The van der Waals surface area contributed by atoms with Crippen molar-refractivity contribution in [3.8, 4) is 11.5 Å². The lowest BCUT2D eigenvalue weighted by atomic mass is 10.1. The van der Waals surface area contributed by atoms with Crippen LogP contribution >= 0.6 is 0 Å². The van der Waals surface area contributed by atoms with Gasteiger partial charge < -0.3 is 23.7 Å². The average molecular weight is 360 g/mol. The maximum absolute atomic E-state index is 12.8. The van der Waals surface area contributed by atoms with Gasteiger partial charge in [0.15, 0.2) is 11.5 Å². The second-order valence-corrected chi connectivity index (χ2v) is 6.36. The second-order valence-electron chi connectivity index (χ2n) is 6.36. The van der Waals surface area contributed by atoms with Gasteiger partial charge in [-0.3, -0.25) is 9.59 Å². The third-order valence-corrected chi connectivity index (χ3v) is 4.93. The van der Waals surface area contributed by atoms with Gasteiger partial charge in [-0.1, -0.05) is 0 Å². The van der Waals surface area contributed by atoms with Crippen molar-refractivity contribution in [3.63, 3.8) is 0 Å². The monoisotopic (exact) mass is 360 g/mol. The highest BCUT2D eigenvalue weighted by molar-refractivity contribution is 5.90. The third-order valence-electron chi connectivity index (χ3n) is 4.93. The molecule has 2 heterocycles. The topological polar surface area (TPSA) is 70.0 Å². The normalized spacial score (nSPS) is 15.0. The summed E-state index contributed by atoms with van der Waals surface area (Å²) in [4.78, 5) is 27.1. The molecule has 26 heavy (non-hydrogen) atoms. The number of fused-ring (bicyclic) bond motifs is 1. The van der Waals surface area contributed by atoms with E-state index < -0.39 is 0 Å². The van der Waals surface area contributed by atoms with E-state index in [0.717, 1.165) is 12.8 Å². The second kappa shape index (κ2) is 7.78. The number of aromatic nitrogens is 1. The van der Waals surface area contributed by atoms with Crippen molar-refractivity contribution in [2.75, 3.05) is 34.5 Å². The highest BCUT2D eigenvalue weighted by Crippen LogP contribution is 2.33. The first kappa shape index (κ1) is 18.3. The van der Waals surface area contributed by atoms with Gasteiger partial charge in [0.2, 0.25) is 5.91 Å². The Balaban J connectivity index is 1.88. The van der Waals surface area contributed by atoms with Crippen LogP contribution in [0.1, 0.15) is 12.8 Å². The van der Waals surface area contributed by atoms with Crippen molar-refractivity contribution in [2.45, 2.75) is 25.4 Å². The van der Waals surface area contributed by atoms with Gasteiger partial charge in [-0.25, -0.2) is 0 Å². The molecule has 7 nitrogen and oxygen atoms in total. The molecule has 0 N–H and O–H groups in total. The molecule has 0 bridgehead atoms. The molecule has 140 valence electrons. The van der Waals surface area contributed by atoms with E-state index in [-0.39, 0.29) is 24.1 Å². The number of nitrogens with zero attached hydrogens (tertiary/aromatic N) is 2. The summed E-state index contributed by atoms with van der Waals surface area (Å²) in [5.41, 5.74) is -0.225. The Morgan fingerprint density at radius 2 is 1.92 bits per heavy atom. The average Bonchev–Trinajstić information content (AvgIpc) is 2.69. The summed E-state index contributed by atoms with van der Waals surface area (Å²) in [6, 6.07) is 5.34. The summed E-state index contributed by atoms with van der Waals surface area (Å²) >= 11 is 0. The zero-order valence-electron chi connectivity index (χ0n) is 15.4. The maximum atomic E-state index is 12.8. The van der Waals surface area contributed by atoms with Gasteiger partial charge in [0, 0.05) is 37.9 Å². The van der Waals surface area contributed by atoms with E-state index in [1.807, 2.05) is 0 Å². The lowest BCUT2D eigenvalue weighted by Gasteiger charge is -2.31. The number of likely N-dealkylation sites (N-methyl/N-ethyl adjacent to an activating group) is 1. The zero-order chi connectivity index (χ0) is 18.7. The first-order valence-electron chi connectivity index (χ1n) is 8.64. The van der Waals surface area contributed by atoms with E-state index in [0.29, 0.717) is 35.5 Å². The smallest absolute Gasteiger partial charge is 0.259 e. The van der Waals surface area contributed by atoms with E-state index in [9.17, 15) is 9.59 Å². The van der Waals surface area contributed by atoms with Crippen molar-refractivity contribution in [1.29, 1.82) is 0 Å². The summed E-state index contributed by atoms with van der Waals surface area (Å²) in [6.45, 7) is 1.34. The largest absolute Gasteiger partial charge is 0.493 e. The third kappa shape index (κ3) is 3.39. The van der Waals surface area contributed by atoms with Gasteiger partial charge in [-0.05, 0) is 31.0 Å². The standard InChI is InChI=1S/C19H24N2O5/c1-20(13-7-10-26-11-8-13)17(22)12-21-9-6-14-15(19(21)23)4-5-16(24-2)18(14)25-3/h4-6,9,13H,7-8,10-12H2,1-3H3. The highest BCUT2D eigenvalue weighted by Gasteiger charge is 2.23. The molecule has 1 fully saturated rings. The van der Waals surface area contributed by atoms with Crippen LogP contribution in [0.4, 0.5) is 0 Å². The van der Waals surface area contributed by atoms with Crippen LogP contribution in [0.3, 0.4) is 0 Å². The fraction of sp³-hybridized carbons (Fsp3) is 0.474. The molecule has 1 aliphatic heterocycles. The molecule has 1 aromatic heterocycles. The molecule has 7 heteroatoms. The predicted octanol–water partition coefficient (Wildman–Crippen LogP) is 1.66. The Bertz CT molecular complexity index is 855. The van der Waals surface area contributed by atoms with Crippen LogP contribution < -0.4 is 15.0 Å². The molecule has 1 aliphatic rings. The van der Waals surface area contributed by atoms with Crippen molar-refractivity contribution < 1.29 is 19.0 Å². The van der Waals surface area contributed by atoms with Gasteiger partial charge in [0.1, 0.15) is 6.54 Å². The first-order chi connectivity index (χ1) is 12.6. The van der Waals surface area contributed by atoms with Gasteiger partial charge >= 0.3 is 0 Å². The number of pyridine rings is 1. The fourth-order valence-electron chi connectivity index (χ4n) is 3.35. The number of rotatable bonds is 5. The molecule has 3 rings (SSSR count). The van der Waals surface area contributed by atoms with Crippen molar-refractivity contribution in [3.05, 3.63) is 34.7 Å². The molecule has 0 saturated carbocycles. The number of benzene rings is 1. The summed E-state index contributed by atoms with van der Waals surface area (Å²) in [5, 5.41) is 1.16. The van der Waals surface area contributed by atoms with Crippen LogP contribution in [-0.2, 0) is 16.1 Å². The SMILES string of the molecule is COc1ccc2c(=O)n(CC(=O)N(C)C3CCOCC3)ccc2c1OC. The molecular formula is C19H24N2O5. The van der Waals surface area contributed by atoms with E-state index in [4.69, 9.17) is 14.2 Å². The summed E-state index contributed by atoms with van der Waals surface area (Å²) in [6.07, 6.45) is 3.28. The maximum Gasteiger partial charge on any atom is 0.259 e. The van der Waals surface area contributed by atoms with Gasteiger partial charge in [0.25, 0.3) is 5.56 Å². The number of amides is 1. The van der Waals surface area contributed by atoms with Crippen LogP contribution in [0.25, 0.3) is 10.8 Å². The number of carbonyl (C=O) groups is 1. The van der Waals surface area contributed by atoms with E-state index in [1.165, 1.54) is 11.7 Å². The Morgan fingerprint density at radius 1 is 1.19 bits per heavy atom. The van der Waals surface area contributed by atoms with Gasteiger partial charge in [-0.2, -0.15) is 0 Å². The minimum atomic E-state index is -0.225. The summed E-state index contributed by atoms with van der Waals surface area (Å²) in [5.74, 6) is 0.992. The van der Waals surface area contributed by atoms with Crippen molar-refractivity contribution in [1.82, 2.24) is 9.47 Å². The molecule has 1 aromatic carbocycles. The summed E-state index contributed by atoms with van der Waals surface area (Å²) < 4.78 is 17.4. The quantitative estimate of drug-likeness (QED) is 0.811. The van der Waals surface area contributed by atoms with Crippen LogP contribution in [0.2, 0.25) is 0 Å². The van der Waals surface area contributed by atoms with Crippen LogP contribution in [-0.4, -0.2) is 55.9 Å². The molecule has 0 unspecified atom stereocenters. The Morgan fingerprint density at radius 3 is 2.58 bits per heavy atom. The lowest BCUT2D eigenvalue weighted by molar-refractivity contribution is -0.134. The Kier molecular flexibility index (Phi) is 5.46. The molecule has 1 saturated heterocycles. The van der Waals surface area contributed by atoms with Crippen molar-refractivity contribution in [2.24, 2.45) is 0 Å². The Hall–Kier alpha value is -2.54. The minimum Gasteiger partial charge on any atom is -0.493 e. The zero-order valence-corrected chi connectivity index (χ0v) is 15.4. The van der Waals surface area contributed by atoms with E-state index >= 15 is 0 Å². The molecule has 1 amide bonds. The number of carbonyl (C=O) groups excluding carboxylic acids is 1. The molecule has 0 aliphatic carbocycles. The first-order valence-corrected chi connectivity index (χ1v) is 8.64. The number of methoxy groups -OCH3 is 2. The lowest BCUT2D eigenvalue weighted by Crippen LogP contribution is -2.43. The molecule has 0 radical (unpaired) electrons.